The van der Waals surface area contributed by atoms with Gasteiger partial charge in [-0.05, 0) is 38.2 Å². The second kappa shape index (κ2) is 8.08. The van der Waals surface area contributed by atoms with Crippen LogP contribution in [0, 0.1) is 5.92 Å². The number of hydrogen-bond acceptors (Lipinski definition) is 5. The van der Waals surface area contributed by atoms with Gasteiger partial charge in [-0.3, -0.25) is 4.79 Å². The average molecular weight is 455 g/mol. The molecule has 1 saturated heterocycles. The Kier molecular flexibility index (Phi) is 5.84. The van der Waals surface area contributed by atoms with Gasteiger partial charge in [0.25, 0.3) is 0 Å². The number of halogens is 3. The Balaban J connectivity index is 1.64. The zero-order valence-electron chi connectivity index (χ0n) is 19.3. The number of ether oxygens (including phenoxy) is 1. The van der Waals surface area contributed by atoms with Crippen molar-refractivity contribution in [2.24, 2.45) is 5.92 Å². The fourth-order valence-electron chi connectivity index (χ4n) is 4.89. The van der Waals surface area contributed by atoms with Crippen LogP contribution in [0.5, 0.6) is 0 Å². The van der Waals surface area contributed by atoms with E-state index < -0.39 is 18.5 Å². The monoisotopic (exact) mass is 454 g/mol. The van der Waals surface area contributed by atoms with Crippen molar-refractivity contribution >= 4 is 17.4 Å². The molecule has 1 aromatic rings. The number of fused-ring (bicyclic) bond motifs is 1. The Hall–Kier alpha value is -2.03. The van der Waals surface area contributed by atoms with Crippen molar-refractivity contribution < 1.29 is 22.7 Å². The first-order chi connectivity index (χ1) is 14.9. The van der Waals surface area contributed by atoms with Gasteiger partial charge in [0.05, 0.1) is 29.6 Å². The van der Waals surface area contributed by atoms with Gasteiger partial charge in [-0.2, -0.15) is 13.2 Å². The number of rotatable bonds is 4. The summed E-state index contributed by atoms with van der Waals surface area (Å²) < 4.78 is 44.5. The summed E-state index contributed by atoms with van der Waals surface area (Å²) in [5, 5.41) is 0. The number of alkyl halides is 3. The molecule has 0 aromatic carbocycles. The van der Waals surface area contributed by atoms with Gasteiger partial charge in [0.15, 0.2) is 5.82 Å². The molecule has 1 atom stereocenters. The standard InChI is InChI=1S/C23H33F3N4O2/c1-13(2)17-11-29(7-8-30(17)18(31)10-23(24,25)26)21-19(27)15-9-22(3,4)32-12-16(15)20(28-21)14-5-6-14/h13-14,17H,5-12,27H2,1-4H3/t17-/m0/s1. The third kappa shape index (κ3) is 4.67. The Morgan fingerprint density at radius 1 is 1.25 bits per heavy atom. The second-order valence-electron chi connectivity index (χ2n) is 10.3. The number of aromatic nitrogens is 1. The molecule has 1 amide bonds. The summed E-state index contributed by atoms with van der Waals surface area (Å²) in [6, 6.07) is -0.333. The molecular formula is C23H33F3N4O2. The van der Waals surface area contributed by atoms with E-state index in [1.807, 2.05) is 27.7 Å². The maximum atomic E-state index is 12.8. The maximum absolute atomic E-state index is 12.8. The van der Waals surface area contributed by atoms with Crippen LogP contribution in [-0.2, 0) is 22.6 Å². The zero-order chi connectivity index (χ0) is 23.4. The van der Waals surface area contributed by atoms with Gasteiger partial charge in [0.2, 0.25) is 5.91 Å². The van der Waals surface area contributed by atoms with Crippen molar-refractivity contribution in [3.05, 3.63) is 16.8 Å². The van der Waals surface area contributed by atoms with Gasteiger partial charge in [-0.25, -0.2) is 4.98 Å². The first-order valence-corrected chi connectivity index (χ1v) is 11.4. The highest BCUT2D eigenvalue weighted by Crippen LogP contribution is 2.46. The minimum absolute atomic E-state index is 0.00377. The average Bonchev–Trinajstić information content (AvgIpc) is 3.51. The Morgan fingerprint density at radius 2 is 1.94 bits per heavy atom. The lowest BCUT2D eigenvalue weighted by molar-refractivity contribution is -0.164. The van der Waals surface area contributed by atoms with Gasteiger partial charge < -0.3 is 20.3 Å². The van der Waals surface area contributed by atoms with Crippen LogP contribution in [0.15, 0.2) is 0 Å². The molecule has 0 radical (unpaired) electrons. The summed E-state index contributed by atoms with van der Waals surface area (Å²) in [5.74, 6) is 0.268. The van der Waals surface area contributed by atoms with Gasteiger partial charge >= 0.3 is 6.18 Å². The molecule has 32 heavy (non-hydrogen) atoms. The van der Waals surface area contributed by atoms with E-state index in [0.717, 1.165) is 29.7 Å². The summed E-state index contributed by atoms with van der Waals surface area (Å²) in [6.07, 6.45) is -3.03. The number of hydrogen-bond donors (Lipinski definition) is 1. The van der Waals surface area contributed by atoms with Crippen LogP contribution in [-0.4, -0.2) is 53.2 Å². The number of piperazine rings is 1. The van der Waals surface area contributed by atoms with Gasteiger partial charge in [-0.15, -0.1) is 0 Å². The van der Waals surface area contributed by atoms with Crippen LogP contribution in [0.4, 0.5) is 24.7 Å². The molecule has 2 fully saturated rings. The highest BCUT2D eigenvalue weighted by molar-refractivity contribution is 5.78. The number of amides is 1. The van der Waals surface area contributed by atoms with E-state index in [2.05, 4.69) is 4.90 Å². The molecule has 1 aliphatic carbocycles. The number of nitrogens with zero attached hydrogens (tertiary/aromatic N) is 3. The molecule has 0 spiro atoms. The fraction of sp³-hybridized carbons (Fsp3) is 0.739. The SMILES string of the molecule is CC(C)[C@@H]1CN(c2nc(C3CC3)c3c(c2N)CC(C)(C)OC3)CCN1C(=O)CC(F)(F)F. The van der Waals surface area contributed by atoms with Gasteiger partial charge in [-0.1, -0.05) is 13.8 Å². The maximum Gasteiger partial charge on any atom is 0.397 e. The number of carbonyl (C=O) groups is 1. The smallest absolute Gasteiger partial charge is 0.395 e. The van der Waals surface area contributed by atoms with E-state index >= 15 is 0 Å². The third-order valence-corrected chi connectivity index (χ3v) is 6.80. The molecule has 9 heteroatoms. The van der Waals surface area contributed by atoms with Crippen molar-refractivity contribution in [2.45, 2.75) is 83.7 Å². The topological polar surface area (TPSA) is 71.7 Å². The van der Waals surface area contributed by atoms with E-state index in [1.165, 1.54) is 4.90 Å². The van der Waals surface area contributed by atoms with Crippen molar-refractivity contribution in [1.29, 1.82) is 0 Å². The van der Waals surface area contributed by atoms with Crippen LogP contribution >= 0.6 is 0 Å². The number of nitrogens with two attached hydrogens (primary N) is 1. The lowest BCUT2D eigenvalue weighted by Crippen LogP contribution is -2.58. The minimum Gasteiger partial charge on any atom is -0.395 e. The molecule has 2 aliphatic heterocycles. The first-order valence-electron chi connectivity index (χ1n) is 11.4. The quantitative estimate of drug-likeness (QED) is 0.744. The van der Waals surface area contributed by atoms with Crippen LogP contribution in [0.3, 0.4) is 0 Å². The van der Waals surface area contributed by atoms with E-state index in [9.17, 15) is 18.0 Å². The summed E-state index contributed by atoms with van der Waals surface area (Å²) in [6.45, 7) is 9.51. The van der Waals surface area contributed by atoms with Crippen LogP contribution in [0.2, 0.25) is 0 Å². The molecule has 178 valence electrons. The highest BCUT2D eigenvalue weighted by atomic mass is 19.4. The largest absolute Gasteiger partial charge is 0.397 e. The summed E-state index contributed by atoms with van der Waals surface area (Å²) in [5.41, 5.74) is 10.2. The van der Waals surface area contributed by atoms with Gasteiger partial charge in [0.1, 0.15) is 6.42 Å². The highest BCUT2D eigenvalue weighted by Gasteiger charge is 2.41. The molecule has 0 bridgehead atoms. The molecule has 1 aromatic heterocycles. The summed E-state index contributed by atoms with van der Waals surface area (Å²) in [7, 11) is 0. The molecule has 3 aliphatic rings. The van der Waals surface area contributed by atoms with E-state index in [1.54, 1.807) is 0 Å². The van der Waals surface area contributed by atoms with E-state index in [0.29, 0.717) is 43.5 Å². The van der Waals surface area contributed by atoms with E-state index in [4.69, 9.17) is 15.5 Å². The summed E-state index contributed by atoms with van der Waals surface area (Å²) >= 11 is 0. The number of nitrogen functional groups attached to an aromatic ring is 1. The van der Waals surface area contributed by atoms with Crippen molar-refractivity contribution in [3.8, 4) is 0 Å². The second-order valence-corrected chi connectivity index (χ2v) is 10.3. The normalized spacial score (nSPS) is 23.4. The molecule has 6 nitrogen and oxygen atoms in total. The molecule has 2 N–H and O–H groups in total. The van der Waals surface area contributed by atoms with Crippen LogP contribution in [0.1, 0.15) is 69.7 Å². The molecule has 1 saturated carbocycles. The van der Waals surface area contributed by atoms with E-state index in [-0.39, 0.29) is 24.1 Å². The fourth-order valence-corrected chi connectivity index (χ4v) is 4.89. The third-order valence-electron chi connectivity index (χ3n) is 6.80. The first kappa shape index (κ1) is 23.1. The molecule has 4 rings (SSSR count). The minimum atomic E-state index is -4.51. The number of carbonyl (C=O) groups excluding carboxylic acids is 1. The lowest BCUT2D eigenvalue weighted by atomic mass is 9.89. The zero-order valence-corrected chi connectivity index (χ0v) is 19.3. The van der Waals surface area contributed by atoms with Crippen LogP contribution < -0.4 is 10.6 Å². The number of anilines is 2. The molecular weight excluding hydrogens is 421 g/mol. The predicted octanol–water partition coefficient (Wildman–Crippen LogP) is 4.02. The molecule has 3 heterocycles. The van der Waals surface area contributed by atoms with Crippen LogP contribution in [0.25, 0.3) is 0 Å². The number of pyridine rings is 1. The van der Waals surface area contributed by atoms with Crippen molar-refractivity contribution in [3.63, 3.8) is 0 Å². The van der Waals surface area contributed by atoms with Crippen molar-refractivity contribution in [2.75, 3.05) is 30.3 Å². The van der Waals surface area contributed by atoms with Gasteiger partial charge in [0, 0.05) is 37.5 Å². The Morgan fingerprint density at radius 3 is 2.53 bits per heavy atom. The lowest BCUT2D eigenvalue weighted by Gasteiger charge is -2.45. The predicted molar refractivity (Wildman–Crippen MR) is 116 cm³/mol. The summed E-state index contributed by atoms with van der Waals surface area (Å²) in [4.78, 5) is 20.8. The molecule has 0 unspecified atom stereocenters. The Bertz CT molecular complexity index is 896. The van der Waals surface area contributed by atoms with Crippen molar-refractivity contribution in [1.82, 2.24) is 9.88 Å². The Labute approximate surface area is 187 Å².